The van der Waals surface area contributed by atoms with Crippen molar-refractivity contribution < 1.29 is 4.74 Å². The molecule has 1 saturated heterocycles. The molecule has 1 fully saturated rings. The van der Waals surface area contributed by atoms with Crippen molar-refractivity contribution in [3.63, 3.8) is 0 Å². The Hall–Kier alpha value is -1.29. The van der Waals surface area contributed by atoms with E-state index >= 15 is 0 Å². The van der Waals surface area contributed by atoms with Crippen molar-refractivity contribution in [3.8, 4) is 5.75 Å². The van der Waals surface area contributed by atoms with Crippen molar-refractivity contribution in [1.82, 2.24) is 10.3 Å². The summed E-state index contributed by atoms with van der Waals surface area (Å²) in [5.74, 6) is 1.71. The van der Waals surface area contributed by atoms with Crippen LogP contribution in [-0.2, 0) is 0 Å². The summed E-state index contributed by atoms with van der Waals surface area (Å²) in [7, 11) is 1.65. The van der Waals surface area contributed by atoms with E-state index in [1.165, 1.54) is 12.8 Å². The van der Waals surface area contributed by atoms with Crippen LogP contribution in [0.1, 0.15) is 19.8 Å². The molecule has 4 nitrogen and oxygen atoms in total. The van der Waals surface area contributed by atoms with Crippen molar-refractivity contribution in [1.29, 1.82) is 0 Å². The Bertz CT molecular complexity index is 344. The Morgan fingerprint density at radius 1 is 1.53 bits per heavy atom. The number of nitrogens with one attached hydrogen (secondary N) is 2. The third-order valence-electron chi connectivity index (χ3n) is 3.35. The number of methoxy groups -OCH3 is 1. The first-order chi connectivity index (χ1) is 8.22. The van der Waals surface area contributed by atoms with E-state index in [9.17, 15) is 0 Å². The van der Waals surface area contributed by atoms with E-state index < -0.39 is 0 Å². The molecule has 2 rings (SSSR count). The third kappa shape index (κ3) is 3.33. The minimum absolute atomic E-state index is 0.333. The van der Waals surface area contributed by atoms with E-state index in [1.807, 2.05) is 12.1 Å². The van der Waals surface area contributed by atoms with Crippen LogP contribution in [-0.4, -0.2) is 31.7 Å². The number of nitrogens with zero attached hydrogens (tertiary/aromatic N) is 1. The molecule has 2 N–H and O–H groups in total. The number of piperidine rings is 1. The fourth-order valence-corrected chi connectivity index (χ4v) is 2.18. The van der Waals surface area contributed by atoms with Gasteiger partial charge in [-0.15, -0.1) is 0 Å². The maximum absolute atomic E-state index is 5.08. The molecule has 0 saturated carbocycles. The second-order valence-electron chi connectivity index (χ2n) is 5.03. The highest BCUT2D eigenvalue weighted by Crippen LogP contribution is 2.25. The van der Waals surface area contributed by atoms with E-state index in [1.54, 1.807) is 13.3 Å². The van der Waals surface area contributed by atoms with Crippen LogP contribution < -0.4 is 15.4 Å². The first-order valence-corrected chi connectivity index (χ1v) is 6.16. The number of hydrogen-bond acceptors (Lipinski definition) is 4. The van der Waals surface area contributed by atoms with Gasteiger partial charge in [0, 0.05) is 13.1 Å². The molecule has 0 radical (unpaired) electrons. The van der Waals surface area contributed by atoms with Gasteiger partial charge < -0.3 is 15.4 Å². The van der Waals surface area contributed by atoms with Crippen molar-refractivity contribution in [2.24, 2.45) is 5.41 Å². The minimum atomic E-state index is 0.333. The molecule has 0 aliphatic carbocycles. The average Bonchev–Trinajstić information content (AvgIpc) is 2.38. The topological polar surface area (TPSA) is 46.2 Å². The maximum Gasteiger partial charge on any atom is 0.137 e. The van der Waals surface area contributed by atoms with Crippen LogP contribution in [0.2, 0.25) is 0 Å². The van der Waals surface area contributed by atoms with E-state index in [-0.39, 0.29) is 0 Å². The molecular weight excluding hydrogens is 214 g/mol. The lowest BCUT2D eigenvalue weighted by atomic mass is 9.83. The fraction of sp³-hybridized carbons (Fsp3) is 0.615. The Morgan fingerprint density at radius 3 is 3.00 bits per heavy atom. The molecule has 17 heavy (non-hydrogen) atoms. The van der Waals surface area contributed by atoms with Crippen LogP contribution in [0.5, 0.6) is 5.75 Å². The van der Waals surface area contributed by atoms with Gasteiger partial charge in [-0.25, -0.2) is 4.98 Å². The molecule has 1 aromatic heterocycles. The van der Waals surface area contributed by atoms with Gasteiger partial charge in [0.25, 0.3) is 0 Å². The van der Waals surface area contributed by atoms with Crippen molar-refractivity contribution in [2.45, 2.75) is 19.8 Å². The van der Waals surface area contributed by atoms with Gasteiger partial charge in [-0.2, -0.15) is 0 Å². The van der Waals surface area contributed by atoms with Crippen molar-refractivity contribution >= 4 is 5.82 Å². The summed E-state index contributed by atoms with van der Waals surface area (Å²) in [4.78, 5) is 4.31. The lowest BCUT2D eigenvalue weighted by Crippen LogP contribution is -2.42. The van der Waals surface area contributed by atoms with Gasteiger partial charge in [0.15, 0.2) is 0 Å². The van der Waals surface area contributed by atoms with Gasteiger partial charge in [0.1, 0.15) is 11.6 Å². The molecule has 0 amide bonds. The maximum atomic E-state index is 5.08. The van der Waals surface area contributed by atoms with Gasteiger partial charge in [0.2, 0.25) is 0 Å². The molecule has 1 aliphatic rings. The molecule has 0 aromatic carbocycles. The zero-order valence-corrected chi connectivity index (χ0v) is 10.6. The standard InChI is InChI=1S/C13H21N3O/c1-13(6-3-7-14-9-13)10-16-12-5-4-11(17-2)8-15-12/h4-5,8,14H,3,6-7,9-10H2,1-2H3,(H,15,16). The predicted molar refractivity (Wildman–Crippen MR) is 69.5 cm³/mol. The van der Waals surface area contributed by atoms with E-state index in [4.69, 9.17) is 4.74 Å². The lowest BCUT2D eigenvalue weighted by molar-refractivity contribution is 0.253. The highest BCUT2D eigenvalue weighted by atomic mass is 16.5. The van der Waals surface area contributed by atoms with Crippen LogP contribution in [0, 0.1) is 5.41 Å². The smallest absolute Gasteiger partial charge is 0.137 e. The third-order valence-corrected chi connectivity index (χ3v) is 3.35. The van der Waals surface area contributed by atoms with E-state index in [0.717, 1.165) is 31.2 Å². The van der Waals surface area contributed by atoms with Gasteiger partial charge >= 0.3 is 0 Å². The van der Waals surface area contributed by atoms with Crippen LogP contribution in [0.15, 0.2) is 18.3 Å². The predicted octanol–water partition coefficient (Wildman–Crippen LogP) is 1.89. The Kier molecular flexibility index (Phi) is 3.84. The average molecular weight is 235 g/mol. The lowest BCUT2D eigenvalue weighted by Gasteiger charge is -2.34. The second kappa shape index (κ2) is 5.36. The number of pyridine rings is 1. The first-order valence-electron chi connectivity index (χ1n) is 6.16. The second-order valence-corrected chi connectivity index (χ2v) is 5.03. The molecule has 2 heterocycles. The molecule has 1 unspecified atom stereocenters. The van der Waals surface area contributed by atoms with Crippen LogP contribution in [0.25, 0.3) is 0 Å². The minimum Gasteiger partial charge on any atom is -0.495 e. The summed E-state index contributed by atoms with van der Waals surface area (Å²) in [5, 5.41) is 6.85. The van der Waals surface area contributed by atoms with Crippen LogP contribution >= 0.6 is 0 Å². The number of hydrogen-bond donors (Lipinski definition) is 2. The number of anilines is 1. The number of ether oxygens (including phenoxy) is 1. The molecule has 4 heteroatoms. The summed E-state index contributed by atoms with van der Waals surface area (Å²) >= 11 is 0. The zero-order chi connectivity index (χ0) is 12.1. The molecule has 94 valence electrons. The molecule has 0 bridgehead atoms. The number of rotatable bonds is 4. The monoisotopic (exact) mass is 235 g/mol. The van der Waals surface area contributed by atoms with E-state index in [0.29, 0.717) is 5.41 Å². The Labute approximate surface area is 103 Å². The van der Waals surface area contributed by atoms with E-state index in [2.05, 4.69) is 22.5 Å². The van der Waals surface area contributed by atoms with Gasteiger partial charge in [-0.3, -0.25) is 0 Å². The summed E-state index contributed by atoms with van der Waals surface area (Å²) < 4.78 is 5.08. The summed E-state index contributed by atoms with van der Waals surface area (Å²) in [6.07, 6.45) is 4.27. The molecular formula is C13H21N3O. The summed E-state index contributed by atoms with van der Waals surface area (Å²) in [6.45, 7) is 5.50. The summed E-state index contributed by atoms with van der Waals surface area (Å²) in [5.41, 5.74) is 0.333. The first kappa shape index (κ1) is 12.2. The molecule has 1 aliphatic heterocycles. The molecule has 1 aromatic rings. The number of aromatic nitrogens is 1. The normalized spacial score (nSPS) is 24.4. The largest absolute Gasteiger partial charge is 0.495 e. The van der Waals surface area contributed by atoms with Gasteiger partial charge in [-0.1, -0.05) is 6.92 Å². The molecule has 0 spiro atoms. The highest BCUT2D eigenvalue weighted by molar-refractivity contribution is 5.37. The Morgan fingerprint density at radius 2 is 2.41 bits per heavy atom. The van der Waals surface area contributed by atoms with Crippen LogP contribution in [0.3, 0.4) is 0 Å². The molecule has 1 atom stereocenters. The van der Waals surface area contributed by atoms with Crippen molar-refractivity contribution in [2.75, 3.05) is 32.1 Å². The fourth-order valence-electron chi connectivity index (χ4n) is 2.18. The SMILES string of the molecule is COc1ccc(NCC2(C)CCCNC2)nc1. The quantitative estimate of drug-likeness (QED) is 0.836. The van der Waals surface area contributed by atoms with Crippen LogP contribution in [0.4, 0.5) is 5.82 Å². The van der Waals surface area contributed by atoms with Gasteiger partial charge in [0.05, 0.1) is 13.3 Å². The zero-order valence-electron chi connectivity index (χ0n) is 10.6. The Balaban J connectivity index is 1.87. The summed E-state index contributed by atoms with van der Waals surface area (Å²) in [6, 6.07) is 3.88. The highest BCUT2D eigenvalue weighted by Gasteiger charge is 2.26. The van der Waals surface area contributed by atoms with Crippen molar-refractivity contribution in [3.05, 3.63) is 18.3 Å². The van der Waals surface area contributed by atoms with Gasteiger partial charge in [-0.05, 0) is 36.9 Å².